The molecule has 1 aromatic carbocycles. The number of carbonyl (C=O) groups is 1. The first kappa shape index (κ1) is 19.1. The van der Waals surface area contributed by atoms with Crippen LogP contribution in [0.2, 0.25) is 0 Å². The number of ether oxygens (including phenoxy) is 2. The molecule has 0 unspecified atom stereocenters. The SMILES string of the molecule is COc1ccc(-c2nc(CC(=O)NCC(F)(F)CN)cs2)cc1OC. The van der Waals surface area contributed by atoms with E-state index >= 15 is 0 Å². The first-order valence-electron chi connectivity index (χ1n) is 7.40. The molecule has 0 aliphatic heterocycles. The lowest BCUT2D eigenvalue weighted by atomic mass is 10.2. The fourth-order valence-corrected chi connectivity index (χ4v) is 2.83. The Kier molecular flexibility index (Phi) is 6.27. The number of amides is 1. The van der Waals surface area contributed by atoms with Gasteiger partial charge in [-0.1, -0.05) is 0 Å². The van der Waals surface area contributed by atoms with E-state index in [0.717, 1.165) is 5.56 Å². The van der Waals surface area contributed by atoms with E-state index in [1.165, 1.54) is 18.4 Å². The Balaban J connectivity index is 2.04. The first-order valence-corrected chi connectivity index (χ1v) is 8.28. The zero-order chi connectivity index (χ0) is 18.4. The number of rotatable bonds is 8. The summed E-state index contributed by atoms with van der Waals surface area (Å²) in [6.45, 7) is -1.59. The number of benzene rings is 1. The molecule has 9 heteroatoms. The number of halogens is 2. The Morgan fingerprint density at radius 2 is 2.04 bits per heavy atom. The topological polar surface area (TPSA) is 86.5 Å². The van der Waals surface area contributed by atoms with Crippen molar-refractivity contribution in [1.29, 1.82) is 0 Å². The molecule has 0 bridgehead atoms. The van der Waals surface area contributed by atoms with E-state index < -0.39 is 24.9 Å². The van der Waals surface area contributed by atoms with E-state index in [-0.39, 0.29) is 6.42 Å². The summed E-state index contributed by atoms with van der Waals surface area (Å²) in [7, 11) is 3.09. The molecule has 2 rings (SSSR count). The van der Waals surface area contributed by atoms with Gasteiger partial charge in [0.2, 0.25) is 5.91 Å². The van der Waals surface area contributed by atoms with Gasteiger partial charge in [0, 0.05) is 10.9 Å². The monoisotopic (exact) mass is 371 g/mol. The smallest absolute Gasteiger partial charge is 0.277 e. The zero-order valence-corrected chi connectivity index (χ0v) is 14.7. The molecule has 0 aliphatic rings. The van der Waals surface area contributed by atoms with E-state index in [9.17, 15) is 13.6 Å². The Hall–Kier alpha value is -2.26. The number of thiazole rings is 1. The molecular formula is C16H19F2N3O3S. The molecule has 0 aliphatic carbocycles. The first-order chi connectivity index (χ1) is 11.9. The Labute approximate surface area is 148 Å². The van der Waals surface area contributed by atoms with E-state index in [0.29, 0.717) is 22.2 Å². The number of nitrogens with one attached hydrogen (secondary N) is 1. The third kappa shape index (κ3) is 5.10. The zero-order valence-electron chi connectivity index (χ0n) is 13.8. The standard InChI is InChI=1S/C16H19F2N3O3S/c1-23-12-4-3-10(5-13(12)24-2)15-21-11(7-25-15)6-14(22)20-9-16(17,18)8-19/h3-5,7H,6,8-9,19H2,1-2H3,(H,20,22). The van der Waals surface area contributed by atoms with Crippen LogP contribution in [0.4, 0.5) is 8.78 Å². The lowest BCUT2D eigenvalue weighted by Gasteiger charge is -2.14. The van der Waals surface area contributed by atoms with Crippen molar-refractivity contribution >= 4 is 17.2 Å². The summed E-state index contributed by atoms with van der Waals surface area (Å²) in [5.74, 6) is -2.47. The highest BCUT2D eigenvalue weighted by Crippen LogP contribution is 2.33. The second-order valence-electron chi connectivity index (χ2n) is 5.23. The number of methoxy groups -OCH3 is 2. The van der Waals surface area contributed by atoms with Crippen molar-refractivity contribution in [3.05, 3.63) is 29.3 Å². The number of nitrogens with two attached hydrogens (primary N) is 1. The maximum Gasteiger partial charge on any atom is 0.277 e. The van der Waals surface area contributed by atoms with E-state index in [4.69, 9.17) is 15.2 Å². The quantitative estimate of drug-likeness (QED) is 0.742. The van der Waals surface area contributed by atoms with Crippen LogP contribution in [0.15, 0.2) is 23.6 Å². The van der Waals surface area contributed by atoms with Gasteiger partial charge < -0.3 is 20.5 Å². The van der Waals surface area contributed by atoms with Crippen LogP contribution >= 0.6 is 11.3 Å². The number of hydrogen-bond acceptors (Lipinski definition) is 6. The van der Waals surface area contributed by atoms with E-state index in [1.54, 1.807) is 24.6 Å². The minimum Gasteiger partial charge on any atom is -0.493 e. The predicted octanol–water partition coefficient (Wildman–Crippen LogP) is 2.08. The van der Waals surface area contributed by atoms with Crippen LogP contribution in [0.3, 0.4) is 0 Å². The largest absolute Gasteiger partial charge is 0.493 e. The minimum absolute atomic E-state index is 0.0789. The van der Waals surface area contributed by atoms with E-state index in [1.807, 2.05) is 6.07 Å². The summed E-state index contributed by atoms with van der Waals surface area (Å²) in [6.07, 6.45) is -0.0789. The van der Waals surface area contributed by atoms with Crippen LogP contribution < -0.4 is 20.5 Å². The van der Waals surface area contributed by atoms with Gasteiger partial charge in [0.25, 0.3) is 5.92 Å². The van der Waals surface area contributed by atoms with Crippen LogP contribution in [0.5, 0.6) is 11.5 Å². The molecular weight excluding hydrogens is 352 g/mol. The lowest BCUT2D eigenvalue weighted by molar-refractivity contribution is -0.122. The van der Waals surface area contributed by atoms with Gasteiger partial charge in [0.1, 0.15) is 5.01 Å². The predicted molar refractivity (Wildman–Crippen MR) is 91.4 cm³/mol. The highest BCUT2D eigenvalue weighted by molar-refractivity contribution is 7.13. The minimum atomic E-state index is -3.11. The van der Waals surface area contributed by atoms with Gasteiger partial charge in [-0.15, -0.1) is 11.3 Å². The van der Waals surface area contributed by atoms with Crippen LogP contribution in [0, 0.1) is 0 Å². The molecule has 3 N–H and O–H groups in total. The van der Waals surface area contributed by atoms with Gasteiger partial charge >= 0.3 is 0 Å². The van der Waals surface area contributed by atoms with Crippen molar-refractivity contribution < 1.29 is 23.0 Å². The molecule has 0 saturated heterocycles. The Bertz CT molecular complexity index is 737. The molecule has 0 radical (unpaired) electrons. The van der Waals surface area contributed by atoms with Crippen molar-refractivity contribution in [2.24, 2.45) is 5.73 Å². The number of carbonyl (C=O) groups excluding carboxylic acids is 1. The third-order valence-electron chi connectivity index (χ3n) is 3.37. The van der Waals surface area contributed by atoms with Crippen molar-refractivity contribution in [2.45, 2.75) is 12.3 Å². The number of alkyl halides is 2. The summed E-state index contributed by atoms with van der Waals surface area (Å²) in [5, 5.41) is 4.57. The maximum atomic E-state index is 13.0. The molecule has 0 saturated carbocycles. The lowest BCUT2D eigenvalue weighted by Crippen LogP contribution is -2.42. The fraction of sp³-hybridized carbons (Fsp3) is 0.375. The number of aromatic nitrogens is 1. The molecule has 2 aromatic rings. The Morgan fingerprint density at radius 3 is 2.68 bits per heavy atom. The molecule has 1 aromatic heterocycles. The van der Waals surface area contributed by atoms with Gasteiger partial charge in [-0.3, -0.25) is 4.79 Å². The van der Waals surface area contributed by atoms with Gasteiger partial charge in [0.15, 0.2) is 11.5 Å². The molecule has 136 valence electrons. The highest BCUT2D eigenvalue weighted by atomic mass is 32.1. The average molecular weight is 371 g/mol. The van der Waals surface area contributed by atoms with Crippen LogP contribution in [0.25, 0.3) is 10.6 Å². The van der Waals surface area contributed by atoms with Crippen LogP contribution in [-0.4, -0.2) is 44.1 Å². The summed E-state index contributed by atoms with van der Waals surface area (Å²) in [6, 6.07) is 5.37. The molecule has 25 heavy (non-hydrogen) atoms. The van der Waals surface area contributed by atoms with Crippen molar-refractivity contribution in [2.75, 3.05) is 27.3 Å². The van der Waals surface area contributed by atoms with E-state index in [2.05, 4.69) is 10.3 Å². The summed E-state index contributed by atoms with van der Waals surface area (Å²) < 4.78 is 36.5. The molecule has 1 heterocycles. The summed E-state index contributed by atoms with van der Waals surface area (Å²) in [4.78, 5) is 16.1. The fourth-order valence-electron chi connectivity index (χ4n) is 2.02. The van der Waals surface area contributed by atoms with Crippen molar-refractivity contribution in [3.63, 3.8) is 0 Å². The highest BCUT2D eigenvalue weighted by Gasteiger charge is 2.27. The Morgan fingerprint density at radius 1 is 1.32 bits per heavy atom. The van der Waals surface area contributed by atoms with Gasteiger partial charge in [0.05, 0.1) is 39.4 Å². The summed E-state index contributed by atoms with van der Waals surface area (Å²) in [5.41, 5.74) is 6.24. The average Bonchev–Trinajstić information content (AvgIpc) is 3.08. The third-order valence-corrected chi connectivity index (χ3v) is 4.31. The van der Waals surface area contributed by atoms with Gasteiger partial charge in [-0.25, -0.2) is 13.8 Å². The van der Waals surface area contributed by atoms with Gasteiger partial charge in [-0.2, -0.15) is 0 Å². The molecule has 0 fully saturated rings. The van der Waals surface area contributed by atoms with Crippen LogP contribution in [-0.2, 0) is 11.2 Å². The van der Waals surface area contributed by atoms with Crippen LogP contribution in [0.1, 0.15) is 5.69 Å². The summed E-state index contributed by atoms with van der Waals surface area (Å²) >= 11 is 1.35. The maximum absolute atomic E-state index is 13.0. The normalized spacial score (nSPS) is 11.2. The molecule has 6 nitrogen and oxygen atoms in total. The second kappa shape index (κ2) is 8.21. The second-order valence-corrected chi connectivity index (χ2v) is 6.09. The van der Waals surface area contributed by atoms with Crippen molar-refractivity contribution in [3.8, 4) is 22.1 Å². The van der Waals surface area contributed by atoms with Gasteiger partial charge in [-0.05, 0) is 18.2 Å². The molecule has 0 spiro atoms. The molecule has 0 atom stereocenters. The van der Waals surface area contributed by atoms with Crippen molar-refractivity contribution in [1.82, 2.24) is 10.3 Å². The number of nitrogens with zero attached hydrogens (tertiary/aromatic N) is 1. The molecule has 1 amide bonds. The number of hydrogen-bond donors (Lipinski definition) is 2.